The summed E-state index contributed by atoms with van der Waals surface area (Å²) in [6.45, 7) is 4.31. The molecule has 0 aromatic heterocycles. The molecule has 132 valence electrons. The molecule has 0 saturated carbocycles. The van der Waals surface area contributed by atoms with Gasteiger partial charge in [0.25, 0.3) is 0 Å². The Morgan fingerprint density at radius 1 is 1.38 bits per heavy atom. The van der Waals surface area contributed by atoms with Crippen molar-refractivity contribution in [1.82, 2.24) is 15.5 Å². The van der Waals surface area contributed by atoms with E-state index in [0.29, 0.717) is 19.8 Å². The van der Waals surface area contributed by atoms with E-state index in [9.17, 15) is 9.18 Å². The first-order chi connectivity index (χ1) is 11.7. The van der Waals surface area contributed by atoms with Crippen LogP contribution in [0.15, 0.2) is 24.3 Å². The van der Waals surface area contributed by atoms with Crippen LogP contribution in [0.4, 0.5) is 4.39 Å². The Kier molecular flexibility index (Phi) is 6.18. The van der Waals surface area contributed by atoms with Crippen LogP contribution in [0.25, 0.3) is 0 Å². The SMILES string of the molecule is O=C(NCC(c1cccc(F)c1)N1CCOCC1)[C@H]1CCCCN1. The number of hydrogen-bond acceptors (Lipinski definition) is 4. The molecule has 5 nitrogen and oxygen atoms in total. The molecule has 2 N–H and O–H groups in total. The van der Waals surface area contributed by atoms with E-state index in [1.165, 1.54) is 6.07 Å². The molecule has 2 atom stereocenters. The molecular weight excluding hydrogens is 309 g/mol. The molecular formula is C18H26FN3O2. The summed E-state index contributed by atoms with van der Waals surface area (Å²) in [7, 11) is 0. The normalized spacial score (nSPS) is 23.6. The fourth-order valence-electron chi connectivity index (χ4n) is 3.46. The minimum absolute atomic E-state index is 0.0304. The molecule has 0 bridgehead atoms. The molecule has 2 saturated heterocycles. The number of nitrogens with zero attached hydrogens (tertiary/aromatic N) is 1. The Hall–Kier alpha value is -1.50. The number of amides is 1. The molecule has 1 aromatic rings. The lowest BCUT2D eigenvalue weighted by Gasteiger charge is -2.35. The van der Waals surface area contributed by atoms with E-state index in [1.54, 1.807) is 12.1 Å². The van der Waals surface area contributed by atoms with E-state index in [-0.39, 0.29) is 23.8 Å². The number of carbonyl (C=O) groups excluding carboxylic acids is 1. The van der Waals surface area contributed by atoms with Gasteiger partial charge in [-0.2, -0.15) is 0 Å². The minimum Gasteiger partial charge on any atom is -0.379 e. The maximum atomic E-state index is 13.6. The van der Waals surface area contributed by atoms with Gasteiger partial charge in [-0.05, 0) is 37.1 Å². The Morgan fingerprint density at radius 3 is 2.92 bits per heavy atom. The van der Waals surface area contributed by atoms with Crippen molar-refractivity contribution >= 4 is 5.91 Å². The highest BCUT2D eigenvalue weighted by Crippen LogP contribution is 2.22. The second-order valence-corrected chi connectivity index (χ2v) is 6.47. The molecule has 1 aromatic carbocycles. The lowest BCUT2D eigenvalue weighted by atomic mass is 10.0. The average Bonchev–Trinajstić information content (AvgIpc) is 2.63. The number of morpholine rings is 1. The number of piperidine rings is 1. The van der Waals surface area contributed by atoms with Crippen LogP contribution in [0.2, 0.25) is 0 Å². The van der Waals surface area contributed by atoms with Crippen molar-refractivity contribution in [3.63, 3.8) is 0 Å². The summed E-state index contributed by atoms with van der Waals surface area (Å²) < 4.78 is 19.1. The number of ether oxygens (including phenoxy) is 1. The van der Waals surface area contributed by atoms with Gasteiger partial charge in [0.1, 0.15) is 5.82 Å². The number of carbonyl (C=O) groups is 1. The van der Waals surface area contributed by atoms with Gasteiger partial charge in [0.05, 0.1) is 25.3 Å². The number of rotatable bonds is 5. The highest BCUT2D eigenvalue weighted by molar-refractivity contribution is 5.81. The summed E-state index contributed by atoms with van der Waals surface area (Å²) >= 11 is 0. The third-order valence-electron chi connectivity index (χ3n) is 4.82. The largest absolute Gasteiger partial charge is 0.379 e. The van der Waals surface area contributed by atoms with Crippen LogP contribution >= 0.6 is 0 Å². The van der Waals surface area contributed by atoms with E-state index in [1.807, 2.05) is 6.07 Å². The predicted molar refractivity (Wildman–Crippen MR) is 90.2 cm³/mol. The highest BCUT2D eigenvalue weighted by atomic mass is 19.1. The summed E-state index contributed by atoms with van der Waals surface area (Å²) in [5, 5.41) is 6.33. The van der Waals surface area contributed by atoms with Gasteiger partial charge in [-0.25, -0.2) is 4.39 Å². The molecule has 0 radical (unpaired) electrons. The first-order valence-corrected chi connectivity index (χ1v) is 8.82. The van der Waals surface area contributed by atoms with Crippen molar-refractivity contribution in [2.24, 2.45) is 0 Å². The summed E-state index contributed by atoms with van der Waals surface area (Å²) in [6.07, 6.45) is 3.10. The first-order valence-electron chi connectivity index (χ1n) is 8.82. The van der Waals surface area contributed by atoms with Crippen molar-refractivity contribution in [3.05, 3.63) is 35.6 Å². The van der Waals surface area contributed by atoms with E-state index in [2.05, 4.69) is 15.5 Å². The second kappa shape index (κ2) is 8.55. The minimum atomic E-state index is -0.244. The van der Waals surface area contributed by atoms with Crippen LogP contribution in [0.3, 0.4) is 0 Å². The molecule has 24 heavy (non-hydrogen) atoms. The third-order valence-corrected chi connectivity index (χ3v) is 4.82. The Balaban J connectivity index is 1.66. The zero-order valence-electron chi connectivity index (χ0n) is 14.0. The summed E-state index contributed by atoms with van der Waals surface area (Å²) in [5.41, 5.74) is 0.897. The molecule has 3 rings (SSSR count). The summed E-state index contributed by atoms with van der Waals surface area (Å²) in [5.74, 6) is -0.199. The van der Waals surface area contributed by atoms with Crippen LogP contribution in [0.5, 0.6) is 0 Å². The summed E-state index contributed by atoms with van der Waals surface area (Å²) in [4.78, 5) is 14.6. The standard InChI is InChI=1S/C18H26FN3O2/c19-15-5-3-4-14(12-15)17(22-8-10-24-11-9-22)13-21-18(23)16-6-1-2-7-20-16/h3-5,12,16-17,20H,1-2,6-11,13H2,(H,21,23)/t16-,17?/m1/s1. The fraction of sp³-hybridized carbons (Fsp3) is 0.611. The number of benzene rings is 1. The van der Waals surface area contributed by atoms with Gasteiger partial charge in [0.2, 0.25) is 5.91 Å². The van der Waals surface area contributed by atoms with E-state index in [0.717, 1.165) is 44.5 Å². The Labute approximate surface area is 142 Å². The van der Waals surface area contributed by atoms with Crippen molar-refractivity contribution in [2.75, 3.05) is 39.4 Å². The lowest BCUT2D eigenvalue weighted by molar-refractivity contribution is -0.124. The van der Waals surface area contributed by atoms with Crippen LogP contribution in [0, 0.1) is 5.82 Å². The smallest absolute Gasteiger partial charge is 0.237 e. The Bertz CT molecular complexity index is 543. The fourth-order valence-corrected chi connectivity index (χ4v) is 3.46. The predicted octanol–water partition coefficient (Wildman–Crippen LogP) is 1.46. The zero-order valence-corrected chi connectivity index (χ0v) is 14.0. The molecule has 0 spiro atoms. The van der Waals surface area contributed by atoms with Crippen molar-refractivity contribution in [3.8, 4) is 0 Å². The number of nitrogens with one attached hydrogen (secondary N) is 2. The third kappa shape index (κ3) is 4.53. The molecule has 2 heterocycles. The van der Waals surface area contributed by atoms with Gasteiger partial charge < -0.3 is 15.4 Å². The van der Waals surface area contributed by atoms with Crippen molar-refractivity contribution < 1.29 is 13.9 Å². The van der Waals surface area contributed by atoms with Crippen LogP contribution in [-0.2, 0) is 9.53 Å². The zero-order chi connectivity index (χ0) is 16.8. The van der Waals surface area contributed by atoms with Crippen LogP contribution < -0.4 is 10.6 Å². The topological polar surface area (TPSA) is 53.6 Å². The average molecular weight is 335 g/mol. The van der Waals surface area contributed by atoms with E-state index in [4.69, 9.17) is 4.74 Å². The van der Waals surface area contributed by atoms with Gasteiger partial charge in [-0.1, -0.05) is 18.6 Å². The van der Waals surface area contributed by atoms with Gasteiger partial charge in [-0.3, -0.25) is 9.69 Å². The molecule has 1 unspecified atom stereocenters. The molecule has 6 heteroatoms. The van der Waals surface area contributed by atoms with Gasteiger partial charge >= 0.3 is 0 Å². The Morgan fingerprint density at radius 2 is 2.21 bits per heavy atom. The quantitative estimate of drug-likeness (QED) is 0.855. The van der Waals surface area contributed by atoms with Crippen LogP contribution in [0.1, 0.15) is 30.9 Å². The van der Waals surface area contributed by atoms with E-state index >= 15 is 0 Å². The molecule has 2 aliphatic rings. The van der Waals surface area contributed by atoms with Crippen molar-refractivity contribution in [2.45, 2.75) is 31.3 Å². The highest BCUT2D eigenvalue weighted by Gasteiger charge is 2.26. The molecule has 2 fully saturated rings. The monoisotopic (exact) mass is 335 g/mol. The van der Waals surface area contributed by atoms with Gasteiger partial charge in [0, 0.05) is 19.6 Å². The first kappa shape index (κ1) is 17.3. The van der Waals surface area contributed by atoms with E-state index < -0.39 is 0 Å². The van der Waals surface area contributed by atoms with Gasteiger partial charge in [0.15, 0.2) is 0 Å². The lowest BCUT2D eigenvalue weighted by Crippen LogP contribution is -2.49. The second-order valence-electron chi connectivity index (χ2n) is 6.47. The summed E-state index contributed by atoms with van der Waals surface area (Å²) in [6, 6.07) is 6.53. The van der Waals surface area contributed by atoms with Crippen molar-refractivity contribution in [1.29, 1.82) is 0 Å². The maximum absolute atomic E-state index is 13.6. The number of hydrogen-bond donors (Lipinski definition) is 2. The number of halogens is 1. The molecule has 0 aliphatic carbocycles. The molecule has 2 aliphatic heterocycles. The van der Waals surface area contributed by atoms with Gasteiger partial charge in [-0.15, -0.1) is 0 Å². The van der Waals surface area contributed by atoms with Crippen LogP contribution in [-0.4, -0.2) is 56.2 Å². The maximum Gasteiger partial charge on any atom is 0.237 e. The molecule has 1 amide bonds.